The Balaban J connectivity index is 1.54. The average molecular weight is 485 g/mol. The van der Waals surface area contributed by atoms with Crippen molar-refractivity contribution in [3.63, 3.8) is 0 Å². The molecule has 0 bridgehead atoms. The highest BCUT2D eigenvalue weighted by atomic mass is 79.9. The maximum atomic E-state index is 12.7. The highest BCUT2D eigenvalue weighted by Gasteiger charge is 2.20. The van der Waals surface area contributed by atoms with Crippen LogP contribution in [0.2, 0.25) is 0 Å². The summed E-state index contributed by atoms with van der Waals surface area (Å²) in [6.45, 7) is 1.85. The van der Waals surface area contributed by atoms with E-state index in [0.717, 1.165) is 27.2 Å². The maximum Gasteiger partial charge on any atom is 0.281 e. The van der Waals surface area contributed by atoms with Gasteiger partial charge in [0.2, 0.25) is 0 Å². The molecule has 0 radical (unpaired) electrons. The lowest BCUT2D eigenvalue weighted by Crippen LogP contribution is -2.41. The SMILES string of the molecule is COc1ccc(-c2cnc3sc(C(=O)NNC(=O)c4ccc(Br)cc4)c(C)n23)cc1. The summed E-state index contributed by atoms with van der Waals surface area (Å²) in [5.74, 6) is -0.0222. The van der Waals surface area contributed by atoms with Crippen molar-refractivity contribution in [3.8, 4) is 17.0 Å². The lowest BCUT2D eigenvalue weighted by molar-refractivity contribution is 0.0848. The van der Waals surface area contributed by atoms with Crippen LogP contribution in [0.4, 0.5) is 0 Å². The van der Waals surface area contributed by atoms with Crippen LogP contribution >= 0.6 is 27.3 Å². The minimum absolute atomic E-state index is 0.394. The topological polar surface area (TPSA) is 84.7 Å². The second kappa shape index (κ2) is 8.29. The largest absolute Gasteiger partial charge is 0.497 e. The van der Waals surface area contributed by atoms with Crippen LogP contribution < -0.4 is 15.6 Å². The number of nitrogens with one attached hydrogen (secondary N) is 2. The molecule has 7 nitrogen and oxygen atoms in total. The van der Waals surface area contributed by atoms with E-state index in [0.29, 0.717) is 15.4 Å². The van der Waals surface area contributed by atoms with Crippen molar-refractivity contribution in [3.05, 3.63) is 75.3 Å². The monoisotopic (exact) mass is 484 g/mol. The first-order valence-corrected chi connectivity index (χ1v) is 10.6. The van der Waals surface area contributed by atoms with Crippen molar-refractivity contribution in [2.24, 2.45) is 0 Å². The molecule has 0 aliphatic rings. The number of methoxy groups -OCH3 is 1. The minimum atomic E-state index is -0.395. The second-order valence-corrected chi connectivity index (χ2v) is 8.31. The number of fused-ring (bicyclic) bond motifs is 1. The first-order valence-electron chi connectivity index (χ1n) is 8.95. The zero-order valence-corrected chi connectivity index (χ0v) is 18.5. The number of aromatic nitrogens is 2. The predicted molar refractivity (Wildman–Crippen MR) is 119 cm³/mol. The van der Waals surface area contributed by atoms with Crippen LogP contribution in [0.3, 0.4) is 0 Å². The smallest absolute Gasteiger partial charge is 0.281 e. The molecule has 0 atom stereocenters. The Labute approximate surface area is 184 Å². The molecule has 2 aromatic heterocycles. The van der Waals surface area contributed by atoms with Crippen molar-refractivity contribution in [2.45, 2.75) is 6.92 Å². The third-order valence-electron chi connectivity index (χ3n) is 4.57. The van der Waals surface area contributed by atoms with Crippen molar-refractivity contribution < 1.29 is 14.3 Å². The maximum absolute atomic E-state index is 12.7. The van der Waals surface area contributed by atoms with Gasteiger partial charge in [-0.1, -0.05) is 27.3 Å². The van der Waals surface area contributed by atoms with Gasteiger partial charge in [0.05, 0.1) is 19.0 Å². The van der Waals surface area contributed by atoms with E-state index in [-0.39, 0.29) is 0 Å². The fraction of sp³-hybridized carbons (Fsp3) is 0.0952. The van der Waals surface area contributed by atoms with Crippen molar-refractivity contribution in [2.75, 3.05) is 7.11 Å². The van der Waals surface area contributed by atoms with Crippen molar-refractivity contribution >= 4 is 44.0 Å². The molecule has 4 aromatic rings. The van der Waals surface area contributed by atoms with E-state index in [1.54, 1.807) is 37.6 Å². The van der Waals surface area contributed by atoms with E-state index >= 15 is 0 Å². The predicted octanol–water partition coefficient (Wildman–Crippen LogP) is 4.22. The highest BCUT2D eigenvalue weighted by molar-refractivity contribution is 9.10. The molecule has 0 spiro atoms. The molecule has 0 saturated heterocycles. The number of hydrazine groups is 1. The number of thiazole rings is 1. The van der Waals surface area contributed by atoms with E-state index in [9.17, 15) is 9.59 Å². The number of hydrogen-bond acceptors (Lipinski definition) is 5. The molecule has 2 aromatic carbocycles. The number of carbonyl (C=O) groups excluding carboxylic acids is 2. The molecule has 0 saturated carbocycles. The number of rotatable bonds is 4. The average Bonchev–Trinajstić information content (AvgIpc) is 3.33. The standard InChI is InChI=1S/C21H17BrN4O3S/c1-12-18(20(28)25-24-19(27)14-3-7-15(22)8-4-14)30-21-23-11-17(26(12)21)13-5-9-16(29-2)10-6-13/h3-11H,1-2H3,(H,24,27)(H,25,28). The number of ether oxygens (including phenoxy) is 1. The second-order valence-electron chi connectivity index (χ2n) is 6.42. The molecule has 9 heteroatoms. The van der Waals surface area contributed by atoms with E-state index < -0.39 is 11.8 Å². The van der Waals surface area contributed by atoms with E-state index in [1.165, 1.54) is 11.3 Å². The van der Waals surface area contributed by atoms with E-state index in [4.69, 9.17) is 4.74 Å². The molecule has 0 unspecified atom stereocenters. The molecule has 0 aliphatic heterocycles. The van der Waals surface area contributed by atoms with Crippen molar-refractivity contribution in [1.29, 1.82) is 0 Å². The summed E-state index contributed by atoms with van der Waals surface area (Å²) in [7, 11) is 1.62. The van der Waals surface area contributed by atoms with E-state index in [1.807, 2.05) is 35.6 Å². The van der Waals surface area contributed by atoms with Gasteiger partial charge in [0, 0.05) is 21.3 Å². The van der Waals surface area contributed by atoms with Crippen LogP contribution in [0.25, 0.3) is 16.2 Å². The lowest BCUT2D eigenvalue weighted by atomic mass is 10.1. The Hall–Kier alpha value is -3.17. The molecule has 0 aliphatic carbocycles. The van der Waals surface area contributed by atoms with Gasteiger partial charge in [-0.2, -0.15) is 0 Å². The molecule has 2 heterocycles. The zero-order chi connectivity index (χ0) is 21.3. The van der Waals surface area contributed by atoms with Gasteiger partial charge in [-0.15, -0.1) is 0 Å². The number of carbonyl (C=O) groups is 2. The summed E-state index contributed by atoms with van der Waals surface area (Å²) < 4.78 is 8.00. The molecule has 0 fully saturated rings. The number of amides is 2. The zero-order valence-electron chi connectivity index (χ0n) is 16.1. The summed E-state index contributed by atoms with van der Waals surface area (Å²) in [5, 5.41) is 0. The molecule has 4 rings (SSSR count). The Kier molecular flexibility index (Phi) is 5.56. The van der Waals surface area contributed by atoms with Crippen LogP contribution in [-0.4, -0.2) is 28.3 Å². The normalized spacial score (nSPS) is 10.8. The van der Waals surface area contributed by atoms with Crippen LogP contribution in [0.1, 0.15) is 25.7 Å². The molecular formula is C21H17BrN4O3S. The number of hydrogen-bond donors (Lipinski definition) is 2. The summed E-state index contributed by atoms with van der Waals surface area (Å²) in [6, 6.07) is 14.5. The molecule has 2 amide bonds. The highest BCUT2D eigenvalue weighted by Crippen LogP contribution is 2.30. The molecule has 152 valence electrons. The number of imidazole rings is 1. The van der Waals surface area contributed by atoms with Crippen LogP contribution in [0, 0.1) is 6.92 Å². The number of nitrogens with zero attached hydrogens (tertiary/aromatic N) is 2. The third-order valence-corrected chi connectivity index (χ3v) is 6.26. The number of benzene rings is 2. The Morgan fingerprint density at radius 1 is 1.03 bits per heavy atom. The number of aryl methyl sites for hydroxylation is 1. The van der Waals surface area contributed by atoms with Gasteiger partial charge in [0.25, 0.3) is 11.8 Å². The Morgan fingerprint density at radius 3 is 2.37 bits per heavy atom. The summed E-state index contributed by atoms with van der Waals surface area (Å²) >= 11 is 4.59. The fourth-order valence-electron chi connectivity index (χ4n) is 3.02. The van der Waals surface area contributed by atoms with Gasteiger partial charge >= 0.3 is 0 Å². The Morgan fingerprint density at radius 2 is 1.70 bits per heavy atom. The van der Waals surface area contributed by atoms with Gasteiger partial charge in [0.1, 0.15) is 10.6 Å². The Bertz CT molecular complexity index is 1230. The van der Waals surface area contributed by atoms with Crippen LogP contribution in [-0.2, 0) is 0 Å². The van der Waals surface area contributed by atoms with Gasteiger partial charge in [-0.05, 0) is 55.5 Å². The quantitative estimate of drug-likeness (QED) is 0.424. The van der Waals surface area contributed by atoms with Crippen LogP contribution in [0.15, 0.2) is 59.2 Å². The first-order chi connectivity index (χ1) is 14.5. The molecular weight excluding hydrogens is 468 g/mol. The minimum Gasteiger partial charge on any atom is -0.497 e. The van der Waals surface area contributed by atoms with Gasteiger partial charge < -0.3 is 4.74 Å². The first kappa shape index (κ1) is 20.1. The van der Waals surface area contributed by atoms with E-state index in [2.05, 4.69) is 31.8 Å². The molecule has 2 N–H and O–H groups in total. The van der Waals surface area contributed by atoms with Crippen molar-refractivity contribution in [1.82, 2.24) is 20.2 Å². The summed E-state index contributed by atoms with van der Waals surface area (Å²) in [4.78, 5) is 30.5. The summed E-state index contributed by atoms with van der Waals surface area (Å²) in [5.41, 5.74) is 7.95. The fourth-order valence-corrected chi connectivity index (χ4v) is 4.28. The lowest BCUT2D eigenvalue weighted by Gasteiger charge is -2.07. The van der Waals surface area contributed by atoms with Crippen LogP contribution in [0.5, 0.6) is 5.75 Å². The number of halogens is 1. The summed E-state index contributed by atoms with van der Waals surface area (Å²) in [6.07, 6.45) is 1.78. The third kappa shape index (κ3) is 3.81. The molecule has 30 heavy (non-hydrogen) atoms. The van der Waals surface area contributed by atoms with Gasteiger partial charge in [-0.3, -0.25) is 24.8 Å². The van der Waals surface area contributed by atoms with Gasteiger partial charge in [-0.25, -0.2) is 4.98 Å². The van der Waals surface area contributed by atoms with Gasteiger partial charge in [0.15, 0.2) is 4.96 Å².